The molecule has 1 saturated heterocycles. The Hall–Kier alpha value is -3.46. The summed E-state index contributed by atoms with van der Waals surface area (Å²) in [6, 6.07) is 15.3. The van der Waals surface area contributed by atoms with E-state index in [9.17, 15) is 9.59 Å². The predicted molar refractivity (Wildman–Crippen MR) is 125 cm³/mol. The van der Waals surface area contributed by atoms with Crippen molar-refractivity contribution in [3.63, 3.8) is 0 Å². The number of ether oxygens (including phenoxy) is 2. The van der Waals surface area contributed by atoms with Crippen molar-refractivity contribution in [2.45, 2.75) is 19.8 Å². The highest BCUT2D eigenvalue weighted by atomic mass is 32.1. The molecule has 0 aliphatic carbocycles. The summed E-state index contributed by atoms with van der Waals surface area (Å²) in [7, 11) is 1.64. The van der Waals surface area contributed by atoms with Crippen LogP contribution in [0.25, 0.3) is 0 Å². The summed E-state index contributed by atoms with van der Waals surface area (Å²) in [5.41, 5.74) is 1.98. The van der Waals surface area contributed by atoms with Gasteiger partial charge in [0.1, 0.15) is 11.5 Å². The molecule has 2 heterocycles. The number of aromatic nitrogens is 2. The van der Waals surface area contributed by atoms with Gasteiger partial charge in [0.05, 0.1) is 13.5 Å². The van der Waals surface area contributed by atoms with Crippen LogP contribution in [0.1, 0.15) is 23.9 Å². The van der Waals surface area contributed by atoms with Gasteiger partial charge >= 0.3 is 0 Å². The molecule has 4 rings (SSSR count). The Bertz CT molecular complexity index is 1110. The molecule has 0 spiro atoms. The molecular formula is C24H26N4O4S. The normalized spacial score (nSPS) is 13.6. The molecule has 1 fully saturated rings. The highest BCUT2D eigenvalue weighted by Crippen LogP contribution is 2.25. The Morgan fingerprint density at radius 2 is 1.70 bits per heavy atom. The molecule has 2 amide bonds. The average molecular weight is 467 g/mol. The highest BCUT2D eigenvalue weighted by molar-refractivity contribution is 7.07. The first-order valence-electron chi connectivity index (χ1n) is 10.8. The van der Waals surface area contributed by atoms with Gasteiger partial charge in [-0.05, 0) is 35.4 Å². The van der Waals surface area contributed by atoms with E-state index in [0.717, 1.165) is 16.9 Å². The van der Waals surface area contributed by atoms with Crippen LogP contribution in [0.15, 0.2) is 48.5 Å². The van der Waals surface area contributed by atoms with Crippen molar-refractivity contribution < 1.29 is 19.1 Å². The zero-order chi connectivity index (χ0) is 23.2. The summed E-state index contributed by atoms with van der Waals surface area (Å²) in [6.45, 7) is 3.90. The molecule has 0 bridgehead atoms. The number of benzene rings is 2. The molecule has 2 aromatic carbocycles. The molecule has 1 aromatic heterocycles. The van der Waals surface area contributed by atoms with E-state index < -0.39 is 0 Å². The molecule has 3 aromatic rings. The second kappa shape index (κ2) is 10.4. The fourth-order valence-corrected chi connectivity index (χ4v) is 4.22. The lowest BCUT2D eigenvalue weighted by atomic mass is 10.1. The maximum absolute atomic E-state index is 12.6. The van der Waals surface area contributed by atoms with Crippen LogP contribution in [0.4, 0.5) is 0 Å². The van der Waals surface area contributed by atoms with Crippen molar-refractivity contribution in [1.29, 1.82) is 0 Å². The van der Waals surface area contributed by atoms with Crippen molar-refractivity contribution in [2.75, 3.05) is 33.3 Å². The van der Waals surface area contributed by atoms with Gasteiger partial charge < -0.3 is 19.3 Å². The summed E-state index contributed by atoms with van der Waals surface area (Å²) in [4.78, 5) is 32.1. The molecule has 0 atom stereocenters. The number of rotatable bonds is 7. The van der Waals surface area contributed by atoms with Crippen molar-refractivity contribution in [3.8, 4) is 16.7 Å². The second-order valence-electron chi connectivity index (χ2n) is 7.81. The van der Waals surface area contributed by atoms with E-state index in [2.05, 4.69) is 9.36 Å². The third-order valence-electron chi connectivity index (χ3n) is 5.51. The number of carbonyl (C=O) groups is 2. The fraction of sp³-hybridized carbons (Fsp3) is 0.333. The van der Waals surface area contributed by atoms with Gasteiger partial charge in [-0.2, -0.15) is 9.36 Å². The van der Waals surface area contributed by atoms with Crippen LogP contribution in [0, 0.1) is 0 Å². The third kappa shape index (κ3) is 6.07. The van der Waals surface area contributed by atoms with Gasteiger partial charge in [-0.25, -0.2) is 0 Å². The van der Waals surface area contributed by atoms with E-state index in [-0.39, 0.29) is 11.8 Å². The van der Waals surface area contributed by atoms with Gasteiger partial charge in [0, 0.05) is 51.1 Å². The Labute approximate surface area is 196 Å². The van der Waals surface area contributed by atoms with Gasteiger partial charge in [0.25, 0.3) is 5.19 Å². The predicted octanol–water partition coefficient (Wildman–Crippen LogP) is 3.16. The van der Waals surface area contributed by atoms with Crippen molar-refractivity contribution in [3.05, 3.63) is 65.5 Å². The lowest BCUT2D eigenvalue weighted by Crippen LogP contribution is -2.50. The minimum absolute atomic E-state index is 0.0561. The van der Waals surface area contributed by atoms with Crippen LogP contribution < -0.4 is 9.47 Å². The van der Waals surface area contributed by atoms with Crippen LogP contribution in [0.3, 0.4) is 0 Å². The topological polar surface area (TPSA) is 84.9 Å². The van der Waals surface area contributed by atoms with Gasteiger partial charge in [0.2, 0.25) is 11.8 Å². The van der Waals surface area contributed by atoms with Crippen LogP contribution >= 0.6 is 11.5 Å². The Morgan fingerprint density at radius 3 is 2.39 bits per heavy atom. The minimum Gasteiger partial charge on any atom is -0.497 e. The smallest absolute Gasteiger partial charge is 0.298 e. The van der Waals surface area contributed by atoms with Gasteiger partial charge in [-0.15, -0.1) is 0 Å². The first kappa shape index (κ1) is 22.7. The van der Waals surface area contributed by atoms with E-state index >= 15 is 0 Å². The molecule has 9 heteroatoms. The largest absolute Gasteiger partial charge is 0.497 e. The molecule has 0 radical (unpaired) electrons. The van der Waals surface area contributed by atoms with E-state index in [4.69, 9.17) is 9.47 Å². The van der Waals surface area contributed by atoms with Gasteiger partial charge in [-0.1, -0.05) is 24.3 Å². The van der Waals surface area contributed by atoms with Crippen LogP contribution in [-0.4, -0.2) is 64.3 Å². The molecule has 1 aliphatic heterocycles. The lowest BCUT2D eigenvalue weighted by Gasteiger charge is -2.34. The summed E-state index contributed by atoms with van der Waals surface area (Å²) in [6.07, 6.45) is 0.919. The summed E-state index contributed by atoms with van der Waals surface area (Å²) < 4.78 is 15.5. The van der Waals surface area contributed by atoms with Crippen molar-refractivity contribution >= 4 is 23.3 Å². The van der Waals surface area contributed by atoms with Crippen LogP contribution in [0.2, 0.25) is 0 Å². The zero-order valence-electron chi connectivity index (χ0n) is 18.7. The molecule has 1 aliphatic rings. The molecular weight excluding hydrogens is 440 g/mol. The van der Waals surface area contributed by atoms with Crippen molar-refractivity contribution in [2.24, 2.45) is 0 Å². The monoisotopic (exact) mass is 466 g/mol. The highest BCUT2D eigenvalue weighted by Gasteiger charge is 2.22. The summed E-state index contributed by atoms with van der Waals surface area (Å²) >= 11 is 1.21. The standard InChI is InChI=1S/C24H26N4O4S/c1-17(29)27-10-12-28(13-11-27)23(30)16-18-6-8-20(9-7-18)32-24-25-22(26-33-24)15-19-4-3-5-21(14-19)31-2/h3-9,14H,10-13,15-16H2,1-2H3. The zero-order valence-corrected chi connectivity index (χ0v) is 19.5. The molecule has 0 saturated carbocycles. The number of carbonyl (C=O) groups excluding carboxylic acids is 2. The third-order valence-corrected chi connectivity index (χ3v) is 6.14. The average Bonchev–Trinajstić information content (AvgIpc) is 3.27. The number of amides is 2. The Morgan fingerprint density at radius 1 is 0.970 bits per heavy atom. The van der Waals surface area contributed by atoms with Crippen molar-refractivity contribution in [1.82, 2.24) is 19.2 Å². The number of nitrogens with zero attached hydrogens (tertiary/aromatic N) is 4. The maximum Gasteiger partial charge on any atom is 0.298 e. The van der Waals surface area contributed by atoms with Crippen LogP contribution in [-0.2, 0) is 22.4 Å². The van der Waals surface area contributed by atoms with E-state index in [1.54, 1.807) is 18.9 Å². The SMILES string of the molecule is COc1cccc(Cc2nsc(Oc3ccc(CC(=O)N4CCN(C(C)=O)CC4)cc3)n2)c1. The maximum atomic E-state index is 12.6. The molecule has 0 N–H and O–H groups in total. The lowest BCUT2D eigenvalue weighted by molar-refractivity contribution is -0.138. The van der Waals surface area contributed by atoms with E-state index in [1.165, 1.54) is 11.5 Å². The second-order valence-corrected chi connectivity index (χ2v) is 8.53. The number of hydrogen-bond acceptors (Lipinski definition) is 7. The Kier molecular flexibility index (Phi) is 7.19. The number of piperazine rings is 1. The quantitative estimate of drug-likeness (QED) is 0.532. The minimum atomic E-state index is 0.0561. The van der Waals surface area contributed by atoms with E-state index in [0.29, 0.717) is 55.8 Å². The first-order chi connectivity index (χ1) is 16.0. The molecule has 8 nitrogen and oxygen atoms in total. The fourth-order valence-electron chi connectivity index (χ4n) is 3.65. The summed E-state index contributed by atoms with van der Waals surface area (Å²) in [5.74, 6) is 2.26. The Balaban J connectivity index is 1.29. The van der Waals surface area contributed by atoms with Gasteiger partial charge in [-0.3, -0.25) is 9.59 Å². The van der Waals surface area contributed by atoms with Crippen LogP contribution in [0.5, 0.6) is 16.7 Å². The van der Waals surface area contributed by atoms with E-state index in [1.807, 2.05) is 53.4 Å². The number of methoxy groups -OCH3 is 1. The van der Waals surface area contributed by atoms with Gasteiger partial charge in [0.15, 0.2) is 5.82 Å². The number of hydrogen-bond donors (Lipinski definition) is 0. The molecule has 0 unspecified atom stereocenters. The molecule has 33 heavy (non-hydrogen) atoms. The summed E-state index contributed by atoms with van der Waals surface area (Å²) in [5, 5.41) is 0.472. The first-order valence-corrected chi connectivity index (χ1v) is 11.5. The molecule has 172 valence electrons.